The highest BCUT2D eigenvalue weighted by atomic mass is 35.5. The summed E-state index contributed by atoms with van der Waals surface area (Å²) < 4.78 is 30.7. The van der Waals surface area contributed by atoms with Crippen molar-refractivity contribution >= 4 is 39.9 Å². The second-order valence-corrected chi connectivity index (χ2v) is 10.3. The number of hydrogen-bond acceptors (Lipinski definition) is 7. The van der Waals surface area contributed by atoms with Gasteiger partial charge in [0.05, 0.1) is 17.6 Å². The van der Waals surface area contributed by atoms with Crippen LogP contribution >= 0.6 is 11.6 Å². The fraction of sp³-hybridized carbons (Fsp3) is 0.464. The van der Waals surface area contributed by atoms with Crippen LogP contribution in [0.1, 0.15) is 38.5 Å². The largest absolute Gasteiger partial charge is 0.497 e. The zero-order chi connectivity index (χ0) is 26.6. The minimum atomic E-state index is -0.491. The van der Waals surface area contributed by atoms with Crippen LogP contribution in [0.2, 0.25) is 5.02 Å². The van der Waals surface area contributed by atoms with Gasteiger partial charge in [0.25, 0.3) is 0 Å². The lowest BCUT2D eigenvalue weighted by Gasteiger charge is -2.36. The van der Waals surface area contributed by atoms with Crippen LogP contribution in [0.5, 0.6) is 11.8 Å². The molecule has 1 saturated heterocycles. The second kappa shape index (κ2) is 11.7. The molecular weight excluding hydrogens is 511 g/mol. The van der Waals surface area contributed by atoms with Crippen molar-refractivity contribution in [2.75, 3.05) is 32.7 Å². The van der Waals surface area contributed by atoms with E-state index < -0.39 is 5.82 Å². The first-order valence-corrected chi connectivity index (χ1v) is 13.4. The number of carbonyl (C=O) groups excluding carboxylic acids is 1. The molecule has 1 aliphatic carbocycles. The molecule has 1 saturated carbocycles. The van der Waals surface area contributed by atoms with Crippen LogP contribution in [0.3, 0.4) is 0 Å². The number of methoxy groups -OCH3 is 1. The van der Waals surface area contributed by atoms with E-state index in [-0.39, 0.29) is 35.0 Å². The topological polar surface area (TPSA) is 85.8 Å². The van der Waals surface area contributed by atoms with Crippen molar-refractivity contribution in [2.45, 2.75) is 50.7 Å². The van der Waals surface area contributed by atoms with Crippen molar-refractivity contribution in [3.63, 3.8) is 0 Å². The summed E-state index contributed by atoms with van der Waals surface area (Å²) in [5.41, 5.74) is 1.25. The maximum atomic E-state index is 13.7. The minimum absolute atomic E-state index is 0.0172. The molecule has 3 aromatic rings. The highest BCUT2D eigenvalue weighted by Crippen LogP contribution is 2.32. The number of anilines is 2. The Bertz CT molecular complexity index is 1300. The molecule has 202 valence electrons. The highest BCUT2D eigenvalue weighted by molar-refractivity contribution is 6.31. The summed E-state index contributed by atoms with van der Waals surface area (Å²) in [6.07, 6.45) is 4.85. The van der Waals surface area contributed by atoms with E-state index >= 15 is 0 Å². The van der Waals surface area contributed by atoms with E-state index in [4.69, 9.17) is 25.8 Å². The number of halogens is 2. The molecule has 38 heavy (non-hydrogen) atoms. The molecular formula is C28H32ClFN4O4. The maximum absolute atomic E-state index is 13.7. The molecule has 0 bridgehead atoms. The Morgan fingerprint density at radius 1 is 1.08 bits per heavy atom. The standard InChI is InChI=1S/C28H32ClFN4O4/c1-34(27(35)17-11-13-37-14-12-17)19-4-6-20(7-5-19)38-28-32-25-16-21(36-2)8-9-22(25)26(33-28)31-18-3-10-24(30)23(29)15-18/h3,8-10,15-17,19-20H,4-7,11-14H2,1-2H3,(H,31,32,33). The molecule has 2 heterocycles. The van der Waals surface area contributed by atoms with Gasteiger partial charge in [-0.2, -0.15) is 9.97 Å². The lowest BCUT2D eigenvalue weighted by molar-refractivity contribution is -0.140. The molecule has 0 unspecified atom stereocenters. The van der Waals surface area contributed by atoms with Gasteiger partial charge in [-0.1, -0.05) is 11.6 Å². The molecule has 0 radical (unpaired) electrons. The summed E-state index contributed by atoms with van der Waals surface area (Å²) in [5.74, 6) is 0.976. The van der Waals surface area contributed by atoms with Crippen LogP contribution in [0.4, 0.5) is 15.9 Å². The van der Waals surface area contributed by atoms with Gasteiger partial charge in [-0.05, 0) is 68.9 Å². The SMILES string of the molecule is COc1ccc2c(Nc3ccc(F)c(Cl)c3)nc(OC3CCC(N(C)C(=O)C4CCOCC4)CC3)nc2c1. The number of amides is 1. The van der Waals surface area contributed by atoms with Gasteiger partial charge in [-0.3, -0.25) is 4.79 Å². The number of ether oxygens (including phenoxy) is 3. The lowest BCUT2D eigenvalue weighted by atomic mass is 9.90. The average molecular weight is 543 g/mol. The third-order valence-corrected chi connectivity index (χ3v) is 7.74. The van der Waals surface area contributed by atoms with Gasteiger partial charge < -0.3 is 24.4 Å². The highest BCUT2D eigenvalue weighted by Gasteiger charge is 2.32. The van der Waals surface area contributed by atoms with Crippen LogP contribution in [0, 0.1) is 11.7 Å². The Balaban J connectivity index is 1.29. The van der Waals surface area contributed by atoms with Gasteiger partial charge in [-0.15, -0.1) is 0 Å². The lowest BCUT2D eigenvalue weighted by Crippen LogP contribution is -2.44. The molecule has 1 aliphatic heterocycles. The first kappa shape index (κ1) is 26.4. The van der Waals surface area contributed by atoms with Crippen molar-refractivity contribution in [1.29, 1.82) is 0 Å². The number of benzene rings is 2. The van der Waals surface area contributed by atoms with E-state index in [0.29, 0.717) is 36.0 Å². The number of carbonyl (C=O) groups is 1. The first-order valence-electron chi connectivity index (χ1n) is 13.0. The molecule has 0 atom stereocenters. The molecule has 5 rings (SSSR count). The average Bonchev–Trinajstić information content (AvgIpc) is 2.94. The van der Waals surface area contributed by atoms with Crippen LogP contribution in [0.15, 0.2) is 36.4 Å². The number of aromatic nitrogens is 2. The Hall–Kier alpha value is -3.17. The normalized spacial score (nSPS) is 20.2. The molecule has 10 heteroatoms. The zero-order valence-electron chi connectivity index (χ0n) is 21.6. The first-order chi connectivity index (χ1) is 18.4. The van der Waals surface area contributed by atoms with Crippen molar-refractivity contribution in [3.05, 3.63) is 47.2 Å². The van der Waals surface area contributed by atoms with Crippen molar-refractivity contribution in [3.8, 4) is 11.8 Å². The zero-order valence-corrected chi connectivity index (χ0v) is 22.3. The van der Waals surface area contributed by atoms with E-state index in [2.05, 4.69) is 15.3 Å². The van der Waals surface area contributed by atoms with Crippen LogP contribution in [-0.4, -0.2) is 60.3 Å². The number of hydrogen-bond donors (Lipinski definition) is 1. The van der Waals surface area contributed by atoms with Gasteiger partial charge in [-0.25, -0.2) is 4.39 Å². The predicted octanol–water partition coefficient (Wildman–Crippen LogP) is 5.75. The Morgan fingerprint density at radius 2 is 1.84 bits per heavy atom. The smallest absolute Gasteiger partial charge is 0.319 e. The molecule has 1 amide bonds. The van der Waals surface area contributed by atoms with E-state index in [1.165, 1.54) is 12.1 Å². The van der Waals surface area contributed by atoms with Gasteiger partial charge in [0, 0.05) is 49.4 Å². The summed E-state index contributed by atoms with van der Waals surface area (Å²) in [7, 11) is 3.52. The predicted molar refractivity (Wildman–Crippen MR) is 144 cm³/mol. The Morgan fingerprint density at radius 3 is 2.55 bits per heavy atom. The molecule has 2 aromatic carbocycles. The quantitative estimate of drug-likeness (QED) is 0.407. The van der Waals surface area contributed by atoms with E-state index in [9.17, 15) is 9.18 Å². The van der Waals surface area contributed by atoms with Crippen LogP contribution in [0.25, 0.3) is 10.9 Å². The minimum Gasteiger partial charge on any atom is -0.497 e. The van der Waals surface area contributed by atoms with Gasteiger partial charge in [0.1, 0.15) is 23.5 Å². The molecule has 1 aromatic heterocycles. The van der Waals surface area contributed by atoms with Crippen molar-refractivity contribution in [2.24, 2.45) is 5.92 Å². The van der Waals surface area contributed by atoms with E-state index in [0.717, 1.165) is 43.9 Å². The number of nitrogens with zero attached hydrogens (tertiary/aromatic N) is 3. The van der Waals surface area contributed by atoms with E-state index in [1.54, 1.807) is 13.2 Å². The molecule has 0 spiro atoms. The van der Waals surface area contributed by atoms with Gasteiger partial charge in [0.2, 0.25) is 5.91 Å². The Kier molecular flexibility index (Phi) is 8.14. The second-order valence-electron chi connectivity index (χ2n) is 9.88. The number of rotatable bonds is 7. The van der Waals surface area contributed by atoms with Gasteiger partial charge >= 0.3 is 6.01 Å². The van der Waals surface area contributed by atoms with Gasteiger partial charge in [0.15, 0.2) is 0 Å². The molecule has 2 fully saturated rings. The summed E-state index contributed by atoms with van der Waals surface area (Å²) in [4.78, 5) is 24.2. The van der Waals surface area contributed by atoms with Crippen LogP contribution < -0.4 is 14.8 Å². The summed E-state index contributed by atoms with van der Waals surface area (Å²) >= 11 is 5.98. The maximum Gasteiger partial charge on any atom is 0.319 e. The summed E-state index contributed by atoms with van der Waals surface area (Å²) in [5, 5.41) is 4.00. The van der Waals surface area contributed by atoms with Crippen molar-refractivity contribution in [1.82, 2.24) is 14.9 Å². The molecule has 8 nitrogen and oxygen atoms in total. The number of fused-ring (bicyclic) bond motifs is 1. The third-order valence-electron chi connectivity index (χ3n) is 7.45. The van der Waals surface area contributed by atoms with Crippen LogP contribution in [-0.2, 0) is 9.53 Å². The summed E-state index contributed by atoms with van der Waals surface area (Å²) in [6, 6.07) is 10.4. The number of nitrogens with one attached hydrogen (secondary N) is 1. The molecule has 1 N–H and O–H groups in total. The monoisotopic (exact) mass is 542 g/mol. The molecule has 2 aliphatic rings. The fourth-order valence-corrected chi connectivity index (χ4v) is 5.37. The third kappa shape index (κ3) is 5.94. The fourth-order valence-electron chi connectivity index (χ4n) is 5.19. The van der Waals surface area contributed by atoms with Crippen molar-refractivity contribution < 1.29 is 23.4 Å². The summed E-state index contributed by atoms with van der Waals surface area (Å²) in [6.45, 7) is 1.32. The Labute approximate surface area is 226 Å². The van der Waals surface area contributed by atoms with E-state index in [1.807, 2.05) is 30.1 Å².